The number of aromatic nitrogens is 1. The highest BCUT2D eigenvalue weighted by Gasteiger charge is 2.09. The van der Waals surface area contributed by atoms with E-state index in [4.69, 9.17) is 10.5 Å². The van der Waals surface area contributed by atoms with E-state index in [0.717, 1.165) is 38.0 Å². The first kappa shape index (κ1) is 16.6. The van der Waals surface area contributed by atoms with E-state index in [9.17, 15) is 0 Å². The molecule has 0 aliphatic rings. The van der Waals surface area contributed by atoms with Crippen molar-refractivity contribution in [3.8, 4) is 5.88 Å². The van der Waals surface area contributed by atoms with Crippen LogP contribution < -0.4 is 15.4 Å². The average Bonchev–Trinajstić information content (AvgIpc) is 3.00. The molecule has 0 amide bonds. The summed E-state index contributed by atoms with van der Waals surface area (Å²) < 4.78 is 5.80. The van der Waals surface area contributed by atoms with Gasteiger partial charge in [0, 0.05) is 42.2 Å². The van der Waals surface area contributed by atoms with Gasteiger partial charge >= 0.3 is 0 Å². The topological polar surface area (TPSA) is 51.4 Å². The molecular weight excluding hydrogens is 294 g/mol. The van der Waals surface area contributed by atoms with Crippen molar-refractivity contribution in [1.82, 2.24) is 4.98 Å². The third-order valence-corrected chi connectivity index (χ3v) is 4.27. The molecule has 0 aliphatic carbocycles. The molecule has 0 aliphatic heterocycles. The summed E-state index contributed by atoms with van der Waals surface area (Å²) in [5, 5.41) is 2.08. The number of hydrogen-bond donors (Lipinski definition) is 1. The molecule has 0 bridgehead atoms. The second kappa shape index (κ2) is 8.63. The Balaban J connectivity index is 2.01. The Kier molecular flexibility index (Phi) is 6.52. The zero-order valence-corrected chi connectivity index (χ0v) is 14.2. The molecular formula is C17H25N3OS. The molecule has 5 heteroatoms. The predicted molar refractivity (Wildman–Crippen MR) is 95.0 cm³/mol. The van der Waals surface area contributed by atoms with Crippen LogP contribution in [0.3, 0.4) is 0 Å². The highest BCUT2D eigenvalue weighted by Crippen LogP contribution is 2.23. The Morgan fingerprint density at radius 2 is 2.00 bits per heavy atom. The normalized spacial score (nSPS) is 10.6. The molecule has 4 nitrogen and oxygen atoms in total. The van der Waals surface area contributed by atoms with Gasteiger partial charge in [-0.15, -0.1) is 11.3 Å². The summed E-state index contributed by atoms with van der Waals surface area (Å²) in [5.74, 6) is 1.13. The molecule has 0 atom stereocenters. The second-order valence-electron chi connectivity index (χ2n) is 5.25. The van der Waals surface area contributed by atoms with Crippen molar-refractivity contribution < 1.29 is 4.74 Å². The number of rotatable bonds is 9. The SMILES string of the molecule is CCCN(CCC)c1cc(N)nc(OCCc2cccs2)c1. The molecule has 2 aromatic rings. The van der Waals surface area contributed by atoms with Crippen LogP contribution in [-0.4, -0.2) is 24.7 Å². The van der Waals surface area contributed by atoms with Crippen LogP contribution in [0.15, 0.2) is 29.6 Å². The number of ether oxygens (including phenoxy) is 1. The van der Waals surface area contributed by atoms with Crippen LogP contribution in [0, 0.1) is 0 Å². The minimum Gasteiger partial charge on any atom is -0.477 e. The molecule has 2 N–H and O–H groups in total. The first-order valence-electron chi connectivity index (χ1n) is 7.90. The van der Waals surface area contributed by atoms with Gasteiger partial charge < -0.3 is 15.4 Å². The molecule has 2 rings (SSSR count). The molecule has 0 radical (unpaired) electrons. The second-order valence-corrected chi connectivity index (χ2v) is 6.29. The highest BCUT2D eigenvalue weighted by atomic mass is 32.1. The zero-order chi connectivity index (χ0) is 15.8. The van der Waals surface area contributed by atoms with Crippen molar-refractivity contribution in [2.24, 2.45) is 0 Å². The molecule has 0 saturated carbocycles. The number of anilines is 2. The molecule has 0 saturated heterocycles. The molecule has 2 heterocycles. The first-order chi connectivity index (χ1) is 10.7. The lowest BCUT2D eigenvalue weighted by atomic mass is 10.3. The van der Waals surface area contributed by atoms with Crippen molar-refractivity contribution in [1.29, 1.82) is 0 Å². The molecule has 0 unspecified atom stereocenters. The summed E-state index contributed by atoms with van der Waals surface area (Å²) in [4.78, 5) is 7.95. The van der Waals surface area contributed by atoms with Crippen LogP contribution in [0.25, 0.3) is 0 Å². The Morgan fingerprint density at radius 1 is 1.23 bits per heavy atom. The maximum absolute atomic E-state index is 5.94. The zero-order valence-electron chi connectivity index (χ0n) is 13.4. The summed E-state index contributed by atoms with van der Waals surface area (Å²) in [6.45, 7) is 7.03. The van der Waals surface area contributed by atoms with Crippen molar-refractivity contribution in [3.63, 3.8) is 0 Å². The Bertz CT molecular complexity index is 551. The maximum atomic E-state index is 5.94. The van der Waals surface area contributed by atoms with E-state index in [1.54, 1.807) is 11.3 Å². The number of hydrogen-bond acceptors (Lipinski definition) is 5. The standard InChI is InChI=1S/C17H25N3OS/c1-3-8-20(9-4-2)14-12-16(18)19-17(13-14)21-10-7-15-6-5-11-22-15/h5-6,11-13H,3-4,7-10H2,1-2H3,(H2,18,19). The Labute approximate surface area is 136 Å². The molecule has 0 spiro atoms. The van der Waals surface area contributed by atoms with Crippen LogP contribution in [0.2, 0.25) is 0 Å². The van der Waals surface area contributed by atoms with Crippen molar-refractivity contribution in [2.75, 3.05) is 30.3 Å². The lowest BCUT2D eigenvalue weighted by Crippen LogP contribution is -2.25. The fraction of sp³-hybridized carbons (Fsp3) is 0.471. The third-order valence-electron chi connectivity index (χ3n) is 3.34. The summed E-state index contributed by atoms with van der Waals surface area (Å²) in [5.41, 5.74) is 7.04. The minimum absolute atomic E-state index is 0.515. The van der Waals surface area contributed by atoms with E-state index in [0.29, 0.717) is 18.3 Å². The van der Waals surface area contributed by atoms with Gasteiger partial charge in [-0.05, 0) is 24.3 Å². The maximum Gasteiger partial charge on any atom is 0.217 e. The number of pyridine rings is 1. The minimum atomic E-state index is 0.515. The van der Waals surface area contributed by atoms with Gasteiger partial charge in [-0.1, -0.05) is 19.9 Å². The van der Waals surface area contributed by atoms with Gasteiger partial charge in [0.15, 0.2) is 0 Å². The summed E-state index contributed by atoms with van der Waals surface area (Å²) in [6, 6.07) is 8.11. The van der Waals surface area contributed by atoms with Gasteiger partial charge in [0.1, 0.15) is 5.82 Å². The van der Waals surface area contributed by atoms with Gasteiger partial charge in [0.2, 0.25) is 5.88 Å². The third kappa shape index (κ3) is 4.91. The van der Waals surface area contributed by atoms with Gasteiger partial charge in [0.25, 0.3) is 0 Å². The molecule has 120 valence electrons. The quantitative estimate of drug-likeness (QED) is 0.760. The highest BCUT2D eigenvalue weighted by molar-refractivity contribution is 7.09. The fourth-order valence-corrected chi connectivity index (χ4v) is 3.08. The fourth-order valence-electron chi connectivity index (χ4n) is 2.39. The van der Waals surface area contributed by atoms with E-state index in [1.807, 2.05) is 12.1 Å². The average molecular weight is 319 g/mol. The summed E-state index contributed by atoms with van der Waals surface area (Å²) in [7, 11) is 0. The van der Waals surface area contributed by atoms with Gasteiger partial charge in [-0.3, -0.25) is 0 Å². The number of nitrogens with zero attached hydrogens (tertiary/aromatic N) is 2. The number of thiophene rings is 1. The van der Waals surface area contributed by atoms with Gasteiger partial charge in [0.05, 0.1) is 6.61 Å². The van der Waals surface area contributed by atoms with Gasteiger partial charge in [-0.2, -0.15) is 4.98 Å². The van der Waals surface area contributed by atoms with Crippen LogP contribution in [-0.2, 0) is 6.42 Å². The summed E-state index contributed by atoms with van der Waals surface area (Å²) in [6.07, 6.45) is 3.12. The van der Waals surface area contributed by atoms with E-state index < -0.39 is 0 Å². The van der Waals surface area contributed by atoms with Crippen LogP contribution >= 0.6 is 11.3 Å². The van der Waals surface area contributed by atoms with E-state index in [2.05, 4.69) is 41.2 Å². The Hall–Kier alpha value is -1.75. The van der Waals surface area contributed by atoms with Crippen LogP contribution in [0.4, 0.5) is 11.5 Å². The lowest BCUT2D eigenvalue weighted by Gasteiger charge is -2.24. The van der Waals surface area contributed by atoms with E-state index >= 15 is 0 Å². The molecule has 22 heavy (non-hydrogen) atoms. The molecule has 0 fully saturated rings. The summed E-state index contributed by atoms with van der Waals surface area (Å²) >= 11 is 1.75. The Morgan fingerprint density at radius 3 is 2.64 bits per heavy atom. The van der Waals surface area contributed by atoms with Crippen molar-refractivity contribution in [3.05, 3.63) is 34.5 Å². The number of nitrogen functional groups attached to an aromatic ring is 1. The largest absolute Gasteiger partial charge is 0.477 e. The number of nitrogens with two attached hydrogens (primary N) is 1. The van der Waals surface area contributed by atoms with E-state index in [-0.39, 0.29) is 0 Å². The smallest absolute Gasteiger partial charge is 0.217 e. The predicted octanol–water partition coefficient (Wildman–Crippen LogP) is 3.97. The van der Waals surface area contributed by atoms with Gasteiger partial charge in [-0.25, -0.2) is 0 Å². The van der Waals surface area contributed by atoms with Crippen molar-refractivity contribution in [2.45, 2.75) is 33.1 Å². The molecule has 0 aromatic carbocycles. The first-order valence-corrected chi connectivity index (χ1v) is 8.78. The molecule has 2 aromatic heterocycles. The lowest BCUT2D eigenvalue weighted by molar-refractivity contribution is 0.311. The van der Waals surface area contributed by atoms with Crippen molar-refractivity contribution >= 4 is 22.8 Å². The van der Waals surface area contributed by atoms with Crippen LogP contribution in [0.1, 0.15) is 31.6 Å². The monoisotopic (exact) mass is 319 g/mol. The van der Waals surface area contributed by atoms with Crippen LogP contribution in [0.5, 0.6) is 5.88 Å². The van der Waals surface area contributed by atoms with E-state index in [1.165, 1.54) is 4.88 Å².